The van der Waals surface area contributed by atoms with Gasteiger partial charge in [0.25, 0.3) is 0 Å². The van der Waals surface area contributed by atoms with Crippen molar-refractivity contribution in [2.75, 3.05) is 26.4 Å². The first-order valence-corrected chi connectivity index (χ1v) is 6.27. The molecule has 0 spiro atoms. The highest BCUT2D eigenvalue weighted by molar-refractivity contribution is 4.76. The summed E-state index contributed by atoms with van der Waals surface area (Å²) in [6.07, 6.45) is 5.31. The van der Waals surface area contributed by atoms with Crippen LogP contribution < -0.4 is 5.32 Å². The van der Waals surface area contributed by atoms with Crippen molar-refractivity contribution in [3.63, 3.8) is 0 Å². The van der Waals surface area contributed by atoms with Gasteiger partial charge >= 0.3 is 0 Å². The Morgan fingerprint density at radius 2 is 2.20 bits per heavy atom. The van der Waals surface area contributed by atoms with E-state index in [0.29, 0.717) is 12.1 Å². The highest BCUT2D eigenvalue weighted by Gasteiger charge is 2.20. The van der Waals surface area contributed by atoms with Crippen molar-refractivity contribution in [1.82, 2.24) is 5.32 Å². The number of hydrogen-bond acceptors (Lipinski definition) is 3. The van der Waals surface area contributed by atoms with E-state index >= 15 is 0 Å². The molecule has 3 unspecified atom stereocenters. The summed E-state index contributed by atoms with van der Waals surface area (Å²) in [6, 6.07) is 0.663. The van der Waals surface area contributed by atoms with Gasteiger partial charge in [-0.2, -0.15) is 0 Å². The van der Waals surface area contributed by atoms with Gasteiger partial charge in [0, 0.05) is 25.8 Å². The maximum absolute atomic E-state index is 5.54. The van der Waals surface area contributed by atoms with Crippen LogP contribution in [0.5, 0.6) is 0 Å². The van der Waals surface area contributed by atoms with Gasteiger partial charge < -0.3 is 14.8 Å². The smallest absolute Gasteiger partial charge is 0.0561 e. The van der Waals surface area contributed by atoms with Gasteiger partial charge in [0.2, 0.25) is 0 Å². The molecule has 3 atom stereocenters. The molecule has 1 N–H and O–H groups in total. The first-order chi connectivity index (χ1) is 7.34. The van der Waals surface area contributed by atoms with Gasteiger partial charge in [-0.25, -0.2) is 0 Å². The maximum atomic E-state index is 5.54. The van der Waals surface area contributed by atoms with E-state index in [2.05, 4.69) is 12.2 Å². The van der Waals surface area contributed by atoms with Crippen LogP contribution in [0.3, 0.4) is 0 Å². The lowest BCUT2D eigenvalue weighted by atomic mass is 10.00. The fraction of sp³-hybridized carbons (Fsp3) is 1.00. The SMILES string of the molecule is CC1CC(NCC2CCCOC2)CCO1. The molecule has 3 nitrogen and oxygen atoms in total. The van der Waals surface area contributed by atoms with E-state index in [4.69, 9.17) is 9.47 Å². The van der Waals surface area contributed by atoms with Crippen LogP contribution in [0.4, 0.5) is 0 Å². The highest BCUT2D eigenvalue weighted by Crippen LogP contribution is 2.16. The molecule has 2 saturated heterocycles. The summed E-state index contributed by atoms with van der Waals surface area (Å²) >= 11 is 0. The van der Waals surface area contributed by atoms with Crippen molar-refractivity contribution in [2.45, 2.75) is 44.8 Å². The van der Waals surface area contributed by atoms with Crippen LogP contribution in [0.1, 0.15) is 32.6 Å². The monoisotopic (exact) mass is 213 g/mol. The molecular formula is C12H23NO2. The Morgan fingerprint density at radius 1 is 1.27 bits per heavy atom. The molecule has 2 rings (SSSR count). The van der Waals surface area contributed by atoms with Crippen LogP contribution in [0.15, 0.2) is 0 Å². The minimum atomic E-state index is 0.429. The third-order valence-electron chi connectivity index (χ3n) is 3.43. The quantitative estimate of drug-likeness (QED) is 0.772. The molecule has 0 saturated carbocycles. The Labute approximate surface area is 92.5 Å². The van der Waals surface area contributed by atoms with Crippen LogP contribution in [0, 0.1) is 5.92 Å². The van der Waals surface area contributed by atoms with Crippen molar-refractivity contribution in [3.8, 4) is 0 Å². The molecule has 2 aliphatic rings. The second-order valence-electron chi connectivity index (χ2n) is 4.89. The van der Waals surface area contributed by atoms with Gasteiger partial charge in [-0.1, -0.05) is 0 Å². The Bertz CT molecular complexity index is 180. The molecule has 0 amide bonds. The minimum Gasteiger partial charge on any atom is -0.381 e. The summed E-state index contributed by atoms with van der Waals surface area (Å²) in [6.45, 7) is 6.12. The van der Waals surface area contributed by atoms with Crippen molar-refractivity contribution in [1.29, 1.82) is 0 Å². The summed E-state index contributed by atoms with van der Waals surface area (Å²) in [7, 11) is 0. The molecule has 15 heavy (non-hydrogen) atoms. The maximum Gasteiger partial charge on any atom is 0.0561 e. The molecule has 2 fully saturated rings. The summed E-state index contributed by atoms with van der Waals surface area (Å²) < 4.78 is 11.0. The third-order valence-corrected chi connectivity index (χ3v) is 3.43. The zero-order valence-corrected chi connectivity index (χ0v) is 9.71. The fourth-order valence-corrected chi connectivity index (χ4v) is 2.49. The molecule has 0 aromatic rings. The molecule has 2 heterocycles. The molecule has 0 aliphatic carbocycles. The average molecular weight is 213 g/mol. The van der Waals surface area contributed by atoms with E-state index in [-0.39, 0.29) is 0 Å². The first-order valence-electron chi connectivity index (χ1n) is 6.27. The summed E-state index contributed by atoms with van der Waals surface area (Å²) in [5, 5.41) is 3.66. The number of nitrogens with one attached hydrogen (secondary N) is 1. The van der Waals surface area contributed by atoms with E-state index in [9.17, 15) is 0 Å². The molecule has 0 aromatic carbocycles. The number of rotatable bonds is 3. The van der Waals surface area contributed by atoms with Crippen LogP contribution in [-0.2, 0) is 9.47 Å². The summed E-state index contributed by atoms with van der Waals surface area (Å²) in [5.74, 6) is 0.733. The average Bonchev–Trinajstić information content (AvgIpc) is 2.28. The van der Waals surface area contributed by atoms with Crippen molar-refractivity contribution in [3.05, 3.63) is 0 Å². The Balaban J connectivity index is 1.63. The molecule has 88 valence electrons. The largest absolute Gasteiger partial charge is 0.381 e. The van der Waals surface area contributed by atoms with Crippen LogP contribution in [-0.4, -0.2) is 38.5 Å². The lowest BCUT2D eigenvalue weighted by Crippen LogP contribution is -2.41. The van der Waals surface area contributed by atoms with E-state index in [1.807, 2.05) is 0 Å². The molecule has 0 bridgehead atoms. The molecular weight excluding hydrogens is 190 g/mol. The highest BCUT2D eigenvalue weighted by atomic mass is 16.5. The zero-order chi connectivity index (χ0) is 10.5. The van der Waals surface area contributed by atoms with Gasteiger partial charge in [0.1, 0.15) is 0 Å². The van der Waals surface area contributed by atoms with Gasteiger partial charge in [0.15, 0.2) is 0 Å². The third kappa shape index (κ3) is 3.74. The van der Waals surface area contributed by atoms with Gasteiger partial charge in [-0.3, -0.25) is 0 Å². The molecule has 0 aromatic heterocycles. The van der Waals surface area contributed by atoms with Gasteiger partial charge in [0.05, 0.1) is 12.7 Å². The Morgan fingerprint density at radius 3 is 2.93 bits per heavy atom. The predicted octanol–water partition coefficient (Wildman–Crippen LogP) is 1.57. The van der Waals surface area contributed by atoms with Crippen molar-refractivity contribution >= 4 is 0 Å². The van der Waals surface area contributed by atoms with Crippen LogP contribution >= 0.6 is 0 Å². The zero-order valence-electron chi connectivity index (χ0n) is 9.71. The summed E-state index contributed by atoms with van der Waals surface area (Å²) in [5.41, 5.74) is 0. The van der Waals surface area contributed by atoms with Crippen molar-refractivity contribution < 1.29 is 9.47 Å². The van der Waals surface area contributed by atoms with E-state index in [0.717, 1.165) is 45.1 Å². The fourth-order valence-electron chi connectivity index (χ4n) is 2.49. The second kappa shape index (κ2) is 5.83. The van der Waals surface area contributed by atoms with Gasteiger partial charge in [-0.05, 0) is 38.5 Å². The first kappa shape index (κ1) is 11.4. The van der Waals surface area contributed by atoms with Gasteiger partial charge in [-0.15, -0.1) is 0 Å². The predicted molar refractivity (Wildman–Crippen MR) is 60.0 cm³/mol. The Kier molecular flexibility index (Phi) is 4.42. The lowest BCUT2D eigenvalue weighted by Gasteiger charge is -2.30. The van der Waals surface area contributed by atoms with Crippen LogP contribution in [0.25, 0.3) is 0 Å². The van der Waals surface area contributed by atoms with E-state index < -0.39 is 0 Å². The summed E-state index contributed by atoms with van der Waals surface area (Å²) in [4.78, 5) is 0. The minimum absolute atomic E-state index is 0.429. The lowest BCUT2D eigenvalue weighted by molar-refractivity contribution is 0.00913. The van der Waals surface area contributed by atoms with E-state index in [1.54, 1.807) is 0 Å². The van der Waals surface area contributed by atoms with Crippen LogP contribution in [0.2, 0.25) is 0 Å². The second-order valence-corrected chi connectivity index (χ2v) is 4.89. The van der Waals surface area contributed by atoms with Crippen molar-refractivity contribution in [2.24, 2.45) is 5.92 Å². The molecule has 2 aliphatic heterocycles. The normalized spacial score (nSPS) is 37.8. The topological polar surface area (TPSA) is 30.5 Å². The standard InChI is InChI=1S/C12H23NO2/c1-10-7-12(4-6-15-10)13-8-11-3-2-5-14-9-11/h10-13H,2-9H2,1H3. The number of hydrogen-bond donors (Lipinski definition) is 1. The molecule has 3 heteroatoms. The Hall–Kier alpha value is -0.120. The van der Waals surface area contributed by atoms with E-state index in [1.165, 1.54) is 12.8 Å². The molecule has 0 radical (unpaired) electrons. The number of ether oxygens (including phenoxy) is 2.